The summed E-state index contributed by atoms with van der Waals surface area (Å²) in [7, 11) is 0. The number of hydrogen-bond acceptors (Lipinski definition) is 2. The number of halogens is 1. The van der Waals surface area contributed by atoms with E-state index in [1.54, 1.807) is 18.2 Å². The second-order valence-corrected chi connectivity index (χ2v) is 3.77. The first-order valence-corrected chi connectivity index (χ1v) is 4.82. The van der Waals surface area contributed by atoms with Gasteiger partial charge in [0.1, 0.15) is 0 Å². The van der Waals surface area contributed by atoms with Gasteiger partial charge in [-0.15, -0.1) is 0 Å². The number of aliphatic hydroxyl groups is 1. The summed E-state index contributed by atoms with van der Waals surface area (Å²) >= 11 is 5.79. The Bertz CT molecular complexity index is 378. The lowest BCUT2D eigenvalue weighted by Gasteiger charge is -2.10. The average molecular weight is 212 g/mol. The van der Waals surface area contributed by atoms with Crippen LogP contribution < -0.4 is 5.32 Å². The number of carbonyl (C=O) groups excluding carboxylic acids is 1. The van der Waals surface area contributed by atoms with Crippen molar-refractivity contribution in [1.82, 2.24) is 0 Å². The highest BCUT2D eigenvalue weighted by atomic mass is 35.5. The molecule has 0 bridgehead atoms. The third-order valence-corrected chi connectivity index (χ3v) is 2.53. The summed E-state index contributed by atoms with van der Waals surface area (Å²) in [5.74, 6) is -0.0786. The van der Waals surface area contributed by atoms with Crippen LogP contribution in [-0.4, -0.2) is 11.0 Å². The lowest BCUT2D eigenvalue weighted by atomic mass is 10.1. The van der Waals surface area contributed by atoms with E-state index in [2.05, 4.69) is 5.32 Å². The van der Waals surface area contributed by atoms with Crippen molar-refractivity contribution in [3.8, 4) is 0 Å². The third kappa shape index (κ3) is 1.74. The maximum Gasteiger partial charge on any atom is 0.224 e. The fraction of sp³-hybridized carbons (Fsp3) is 0.300. The molecule has 1 unspecified atom stereocenters. The normalized spacial score (nSPS) is 21.0. The molecule has 0 saturated heterocycles. The zero-order chi connectivity index (χ0) is 10.1. The topological polar surface area (TPSA) is 49.3 Å². The van der Waals surface area contributed by atoms with Crippen LogP contribution in [-0.2, 0) is 4.79 Å². The van der Waals surface area contributed by atoms with Gasteiger partial charge in [0.15, 0.2) is 0 Å². The first kappa shape index (κ1) is 9.49. The molecule has 0 spiro atoms. The summed E-state index contributed by atoms with van der Waals surface area (Å²) in [5, 5.41) is 13.0. The fourth-order valence-electron chi connectivity index (χ4n) is 1.56. The monoisotopic (exact) mass is 211 g/mol. The standard InChI is InChI=1S/C10H10ClNO2/c11-6-1-2-7-8(5-6)12-10(14)4-3-9(7)13/h1-2,5,9,13H,3-4H2,(H,12,14). The average Bonchev–Trinajstić information content (AvgIpc) is 2.26. The summed E-state index contributed by atoms with van der Waals surface area (Å²) in [6.07, 6.45) is 0.217. The Morgan fingerprint density at radius 2 is 2.29 bits per heavy atom. The Hall–Kier alpha value is -1.06. The van der Waals surface area contributed by atoms with Crippen LogP contribution in [0.15, 0.2) is 18.2 Å². The Labute approximate surface area is 86.7 Å². The second kappa shape index (κ2) is 3.59. The molecule has 4 heteroatoms. The van der Waals surface area contributed by atoms with Crippen LogP contribution in [0.25, 0.3) is 0 Å². The van der Waals surface area contributed by atoms with E-state index in [-0.39, 0.29) is 5.91 Å². The molecule has 1 aliphatic heterocycles. The van der Waals surface area contributed by atoms with E-state index in [1.807, 2.05) is 0 Å². The molecule has 1 aromatic carbocycles. The van der Waals surface area contributed by atoms with Crippen molar-refractivity contribution in [1.29, 1.82) is 0 Å². The van der Waals surface area contributed by atoms with Gasteiger partial charge in [0.25, 0.3) is 0 Å². The number of aliphatic hydroxyl groups excluding tert-OH is 1. The highest BCUT2D eigenvalue weighted by molar-refractivity contribution is 6.31. The largest absolute Gasteiger partial charge is 0.388 e. The zero-order valence-corrected chi connectivity index (χ0v) is 8.21. The lowest BCUT2D eigenvalue weighted by molar-refractivity contribution is -0.116. The van der Waals surface area contributed by atoms with E-state index < -0.39 is 6.10 Å². The minimum atomic E-state index is -0.582. The Balaban J connectivity index is 2.46. The van der Waals surface area contributed by atoms with Gasteiger partial charge >= 0.3 is 0 Å². The summed E-state index contributed by atoms with van der Waals surface area (Å²) in [4.78, 5) is 11.2. The maximum absolute atomic E-state index is 11.2. The molecular formula is C10H10ClNO2. The molecular weight excluding hydrogens is 202 g/mol. The van der Waals surface area contributed by atoms with Crippen LogP contribution in [0.5, 0.6) is 0 Å². The maximum atomic E-state index is 11.2. The second-order valence-electron chi connectivity index (χ2n) is 3.33. The number of amides is 1. The van der Waals surface area contributed by atoms with Gasteiger partial charge in [-0.2, -0.15) is 0 Å². The molecule has 1 atom stereocenters. The van der Waals surface area contributed by atoms with Crippen LogP contribution in [0.4, 0.5) is 5.69 Å². The van der Waals surface area contributed by atoms with Gasteiger partial charge in [-0.3, -0.25) is 4.79 Å². The summed E-state index contributed by atoms with van der Waals surface area (Å²) in [6.45, 7) is 0. The van der Waals surface area contributed by atoms with E-state index in [0.717, 1.165) is 5.56 Å². The predicted octanol–water partition coefficient (Wildman–Crippen LogP) is 2.11. The highest BCUT2D eigenvalue weighted by Gasteiger charge is 2.19. The molecule has 0 radical (unpaired) electrons. The number of fused-ring (bicyclic) bond motifs is 1. The van der Waals surface area contributed by atoms with Gasteiger partial charge in [0.2, 0.25) is 5.91 Å². The quantitative estimate of drug-likeness (QED) is 0.691. The van der Waals surface area contributed by atoms with E-state index in [1.165, 1.54) is 0 Å². The SMILES string of the molecule is O=C1CCC(O)c2ccc(Cl)cc2N1. The molecule has 2 rings (SSSR count). The summed E-state index contributed by atoms with van der Waals surface area (Å²) < 4.78 is 0. The van der Waals surface area contributed by atoms with Gasteiger partial charge in [-0.1, -0.05) is 17.7 Å². The van der Waals surface area contributed by atoms with Crippen LogP contribution in [0, 0.1) is 0 Å². The third-order valence-electron chi connectivity index (χ3n) is 2.29. The molecule has 0 saturated carbocycles. The predicted molar refractivity (Wildman–Crippen MR) is 54.3 cm³/mol. The first-order chi connectivity index (χ1) is 6.66. The summed E-state index contributed by atoms with van der Waals surface area (Å²) in [5.41, 5.74) is 1.35. The number of carbonyl (C=O) groups is 1. The lowest BCUT2D eigenvalue weighted by Crippen LogP contribution is -2.08. The van der Waals surface area contributed by atoms with Crippen LogP contribution in [0.3, 0.4) is 0 Å². The number of rotatable bonds is 0. The van der Waals surface area contributed by atoms with Gasteiger partial charge in [0.05, 0.1) is 6.10 Å². The van der Waals surface area contributed by atoms with Crippen molar-refractivity contribution in [3.05, 3.63) is 28.8 Å². The minimum Gasteiger partial charge on any atom is -0.388 e. The molecule has 1 heterocycles. The Morgan fingerprint density at radius 1 is 1.50 bits per heavy atom. The molecule has 0 aliphatic carbocycles. The van der Waals surface area contributed by atoms with Gasteiger partial charge < -0.3 is 10.4 Å². The Kier molecular flexibility index (Phi) is 2.44. The zero-order valence-electron chi connectivity index (χ0n) is 7.46. The van der Waals surface area contributed by atoms with E-state index >= 15 is 0 Å². The summed E-state index contributed by atoms with van der Waals surface area (Å²) in [6, 6.07) is 5.11. The molecule has 74 valence electrons. The number of nitrogens with one attached hydrogen (secondary N) is 1. The first-order valence-electron chi connectivity index (χ1n) is 4.44. The highest BCUT2D eigenvalue weighted by Crippen LogP contribution is 2.31. The molecule has 1 amide bonds. The Morgan fingerprint density at radius 3 is 3.07 bits per heavy atom. The number of hydrogen-bond donors (Lipinski definition) is 2. The molecule has 0 aromatic heterocycles. The van der Waals surface area contributed by atoms with E-state index in [9.17, 15) is 9.90 Å². The molecule has 0 fully saturated rings. The molecule has 2 N–H and O–H groups in total. The van der Waals surface area contributed by atoms with Crippen molar-refractivity contribution in [3.63, 3.8) is 0 Å². The van der Waals surface area contributed by atoms with Gasteiger partial charge in [-0.25, -0.2) is 0 Å². The van der Waals surface area contributed by atoms with Gasteiger partial charge in [-0.05, 0) is 18.6 Å². The molecule has 14 heavy (non-hydrogen) atoms. The van der Waals surface area contributed by atoms with Crippen LogP contribution >= 0.6 is 11.6 Å². The fourth-order valence-corrected chi connectivity index (χ4v) is 1.74. The van der Waals surface area contributed by atoms with E-state index in [4.69, 9.17) is 11.6 Å². The molecule has 1 aromatic rings. The van der Waals surface area contributed by atoms with Crippen molar-refractivity contribution >= 4 is 23.2 Å². The van der Waals surface area contributed by atoms with Crippen molar-refractivity contribution in [2.45, 2.75) is 18.9 Å². The minimum absolute atomic E-state index is 0.0786. The van der Waals surface area contributed by atoms with Crippen LogP contribution in [0.1, 0.15) is 24.5 Å². The van der Waals surface area contributed by atoms with Crippen LogP contribution in [0.2, 0.25) is 5.02 Å². The van der Waals surface area contributed by atoms with E-state index in [0.29, 0.717) is 23.6 Å². The van der Waals surface area contributed by atoms with Crippen molar-refractivity contribution < 1.29 is 9.90 Å². The van der Waals surface area contributed by atoms with Crippen molar-refractivity contribution in [2.24, 2.45) is 0 Å². The van der Waals surface area contributed by atoms with Gasteiger partial charge in [0, 0.05) is 22.7 Å². The molecule has 1 aliphatic rings. The number of benzene rings is 1. The van der Waals surface area contributed by atoms with Crippen molar-refractivity contribution in [2.75, 3.05) is 5.32 Å². The number of anilines is 1. The smallest absolute Gasteiger partial charge is 0.224 e. The molecule has 3 nitrogen and oxygen atoms in total.